The Labute approximate surface area is 151 Å². The molecule has 1 saturated heterocycles. The highest BCUT2D eigenvalue weighted by Gasteiger charge is 2.23. The minimum atomic E-state index is -0.431. The lowest BCUT2D eigenvalue weighted by molar-refractivity contribution is -0.384. The molecule has 0 aliphatic carbocycles. The number of nitrogens with two attached hydrogens (primary N) is 1. The van der Waals surface area contributed by atoms with E-state index < -0.39 is 4.92 Å². The maximum absolute atomic E-state index is 11.2. The predicted octanol–water partition coefficient (Wildman–Crippen LogP) is 2.45. The quantitative estimate of drug-likeness (QED) is 0.650. The second kappa shape index (κ2) is 7.47. The zero-order valence-corrected chi connectivity index (χ0v) is 14.6. The fourth-order valence-electron chi connectivity index (χ4n) is 3.33. The van der Waals surface area contributed by atoms with Crippen molar-refractivity contribution in [1.82, 2.24) is 9.97 Å². The van der Waals surface area contributed by atoms with Gasteiger partial charge in [0.25, 0.3) is 5.69 Å². The van der Waals surface area contributed by atoms with Crippen LogP contribution in [-0.2, 0) is 4.79 Å². The first-order valence-electron chi connectivity index (χ1n) is 8.56. The van der Waals surface area contributed by atoms with Gasteiger partial charge in [-0.25, -0.2) is 9.97 Å². The average Bonchev–Trinajstić information content (AvgIpc) is 2.61. The van der Waals surface area contributed by atoms with Gasteiger partial charge in [0.2, 0.25) is 5.91 Å². The Morgan fingerprint density at radius 1 is 1.38 bits per heavy atom. The molecule has 2 heterocycles. The number of rotatable bonds is 5. The molecule has 1 unspecified atom stereocenters. The van der Waals surface area contributed by atoms with Gasteiger partial charge in [-0.3, -0.25) is 14.9 Å². The number of primary amides is 1. The second-order valence-corrected chi connectivity index (χ2v) is 6.62. The van der Waals surface area contributed by atoms with E-state index in [1.807, 2.05) is 13.0 Å². The molecule has 8 nitrogen and oxygen atoms in total. The number of benzene rings is 1. The van der Waals surface area contributed by atoms with Gasteiger partial charge in [0.1, 0.15) is 5.82 Å². The van der Waals surface area contributed by atoms with Crippen molar-refractivity contribution in [3.8, 4) is 11.4 Å². The molecule has 2 aromatic rings. The molecule has 1 aromatic carbocycles. The van der Waals surface area contributed by atoms with E-state index in [-0.39, 0.29) is 17.5 Å². The number of nitro benzene ring substituents is 1. The van der Waals surface area contributed by atoms with Crippen LogP contribution in [-0.4, -0.2) is 33.9 Å². The Morgan fingerprint density at radius 3 is 2.92 bits per heavy atom. The third kappa shape index (κ3) is 4.14. The first-order chi connectivity index (χ1) is 12.4. The molecule has 0 spiro atoms. The third-order valence-electron chi connectivity index (χ3n) is 4.49. The number of nitrogens with zero attached hydrogens (tertiary/aromatic N) is 4. The summed E-state index contributed by atoms with van der Waals surface area (Å²) in [6.45, 7) is 3.44. The van der Waals surface area contributed by atoms with Crippen molar-refractivity contribution in [2.24, 2.45) is 11.7 Å². The first-order valence-corrected chi connectivity index (χ1v) is 8.56. The van der Waals surface area contributed by atoms with Crippen molar-refractivity contribution in [1.29, 1.82) is 0 Å². The number of piperidine rings is 1. The molecule has 1 aliphatic rings. The van der Waals surface area contributed by atoms with Crippen LogP contribution in [0.1, 0.15) is 25.0 Å². The number of nitro groups is 1. The zero-order valence-electron chi connectivity index (χ0n) is 14.6. The minimum Gasteiger partial charge on any atom is -0.370 e. The fourth-order valence-corrected chi connectivity index (χ4v) is 3.33. The number of amides is 1. The minimum absolute atomic E-state index is 0.00801. The van der Waals surface area contributed by atoms with Gasteiger partial charge in [0, 0.05) is 49.0 Å². The van der Waals surface area contributed by atoms with Crippen molar-refractivity contribution in [2.45, 2.75) is 26.2 Å². The van der Waals surface area contributed by atoms with E-state index in [2.05, 4.69) is 14.9 Å². The SMILES string of the molecule is Cc1cc(N2CCCC(CC(N)=O)C2)nc(-c2cccc([N+](=O)[O-])c2)n1. The Hall–Kier alpha value is -3.03. The monoisotopic (exact) mass is 355 g/mol. The summed E-state index contributed by atoms with van der Waals surface area (Å²) in [4.78, 5) is 33.0. The molecule has 2 N–H and O–H groups in total. The summed E-state index contributed by atoms with van der Waals surface area (Å²) in [6, 6.07) is 8.21. The van der Waals surface area contributed by atoms with Crippen molar-refractivity contribution >= 4 is 17.4 Å². The van der Waals surface area contributed by atoms with Crippen LogP contribution < -0.4 is 10.6 Å². The first kappa shape index (κ1) is 17.8. The molecule has 136 valence electrons. The third-order valence-corrected chi connectivity index (χ3v) is 4.49. The van der Waals surface area contributed by atoms with Crippen LogP contribution in [0, 0.1) is 23.0 Å². The predicted molar refractivity (Wildman–Crippen MR) is 97.6 cm³/mol. The van der Waals surface area contributed by atoms with E-state index in [0.717, 1.165) is 30.9 Å². The van der Waals surface area contributed by atoms with E-state index in [1.165, 1.54) is 12.1 Å². The van der Waals surface area contributed by atoms with Crippen molar-refractivity contribution in [2.75, 3.05) is 18.0 Å². The lowest BCUT2D eigenvalue weighted by atomic mass is 9.94. The number of carbonyl (C=O) groups excluding carboxylic acids is 1. The number of aromatic nitrogens is 2. The number of carbonyl (C=O) groups is 1. The molecule has 0 radical (unpaired) electrons. The second-order valence-electron chi connectivity index (χ2n) is 6.62. The lowest BCUT2D eigenvalue weighted by Gasteiger charge is -2.33. The van der Waals surface area contributed by atoms with Gasteiger partial charge in [0.05, 0.1) is 4.92 Å². The normalized spacial score (nSPS) is 17.1. The van der Waals surface area contributed by atoms with Crippen LogP contribution in [0.15, 0.2) is 30.3 Å². The van der Waals surface area contributed by atoms with Crippen LogP contribution in [0.2, 0.25) is 0 Å². The summed E-state index contributed by atoms with van der Waals surface area (Å²) in [5.74, 6) is 1.17. The van der Waals surface area contributed by atoms with E-state index in [9.17, 15) is 14.9 Å². The van der Waals surface area contributed by atoms with Crippen molar-refractivity contribution in [3.05, 3.63) is 46.1 Å². The highest BCUT2D eigenvalue weighted by atomic mass is 16.6. The fraction of sp³-hybridized carbons (Fsp3) is 0.389. The number of aryl methyl sites for hydroxylation is 1. The highest BCUT2D eigenvalue weighted by molar-refractivity contribution is 5.74. The molecule has 0 saturated carbocycles. The number of hydrogen-bond donors (Lipinski definition) is 1. The van der Waals surface area contributed by atoms with Gasteiger partial charge in [-0.05, 0) is 25.7 Å². The van der Waals surface area contributed by atoms with Gasteiger partial charge < -0.3 is 10.6 Å². The summed E-state index contributed by atoms with van der Waals surface area (Å²) in [5, 5.41) is 11.0. The van der Waals surface area contributed by atoms with Crippen LogP contribution in [0.5, 0.6) is 0 Å². The Bertz CT molecular complexity index is 839. The van der Waals surface area contributed by atoms with Gasteiger partial charge in [-0.15, -0.1) is 0 Å². The Morgan fingerprint density at radius 2 is 2.19 bits per heavy atom. The number of non-ortho nitro benzene ring substituents is 1. The van der Waals surface area contributed by atoms with E-state index in [4.69, 9.17) is 5.73 Å². The summed E-state index contributed by atoms with van der Waals surface area (Å²) < 4.78 is 0. The Kier molecular flexibility index (Phi) is 5.11. The van der Waals surface area contributed by atoms with E-state index in [1.54, 1.807) is 12.1 Å². The zero-order chi connectivity index (χ0) is 18.7. The van der Waals surface area contributed by atoms with E-state index in [0.29, 0.717) is 24.4 Å². The highest BCUT2D eigenvalue weighted by Crippen LogP contribution is 2.27. The molecule has 1 aliphatic heterocycles. The van der Waals surface area contributed by atoms with Crippen molar-refractivity contribution < 1.29 is 9.72 Å². The van der Waals surface area contributed by atoms with Crippen LogP contribution in [0.4, 0.5) is 11.5 Å². The Balaban J connectivity index is 1.89. The lowest BCUT2D eigenvalue weighted by Crippen LogP contribution is -2.37. The van der Waals surface area contributed by atoms with Gasteiger partial charge in [-0.2, -0.15) is 0 Å². The van der Waals surface area contributed by atoms with Crippen LogP contribution in [0.25, 0.3) is 11.4 Å². The summed E-state index contributed by atoms with van der Waals surface area (Å²) in [5.41, 5.74) is 6.73. The molecule has 3 rings (SSSR count). The number of hydrogen-bond acceptors (Lipinski definition) is 6. The molecule has 0 bridgehead atoms. The van der Waals surface area contributed by atoms with Gasteiger partial charge >= 0.3 is 0 Å². The average molecular weight is 355 g/mol. The standard InChI is InChI=1S/C18H21N5O3/c1-12-8-17(22-7-3-4-13(11-22)9-16(19)24)21-18(20-12)14-5-2-6-15(10-14)23(25)26/h2,5-6,8,10,13H,3-4,7,9,11H2,1H3,(H2,19,24). The van der Waals surface area contributed by atoms with Crippen molar-refractivity contribution in [3.63, 3.8) is 0 Å². The molecule has 1 aromatic heterocycles. The maximum atomic E-state index is 11.2. The van der Waals surface area contributed by atoms with E-state index >= 15 is 0 Å². The molecule has 1 atom stereocenters. The van der Waals surface area contributed by atoms with Crippen LogP contribution in [0.3, 0.4) is 0 Å². The number of anilines is 1. The largest absolute Gasteiger partial charge is 0.370 e. The summed E-state index contributed by atoms with van der Waals surface area (Å²) in [6.07, 6.45) is 2.31. The molecule has 26 heavy (non-hydrogen) atoms. The van der Waals surface area contributed by atoms with Gasteiger partial charge in [-0.1, -0.05) is 12.1 Å². The molecule has 1 fully saturated rings. The summed E-state index contributed by atoms with van der Waals surface area (Å²) >= 11 is 0. The molecule has 1 amide bonds. The summed E-state index contributed by atoms with van der Waals surface area (Å²) in [7, 11) is 0. The smallest absolute Gasteiger partial charge is 0.270 e. The van der Waals surface area contributed by atoms with Gasteiger partial charge in [0.15, 0.2) is 5.82 Å². The van der Waals surface area contributed by atoms with Crippen LogP contribution >= 0.6 is 0 Å². The molecule has 8 heteroatoms. The molecular formula is C18H21N5O3. The molecular weight excluding hydrogens is 334 g/mol. The topological polar surface area (TPSA) is 115 Å². The maximum Gasteiger partial charge on any atom is 0.270 e.